The van der Waals surface area contributed by atoms with E-state index in [4.69, 9.17) is 29.0 Å². The lowest BCUT2D eigenvalue weighted by atomic mass is 10.1. The predicted octanol–water partition coefficient (Wildman–Crippen LogP) is 6.66. The van der Waals surface area contributed by atoms with Crippen LogP contribution in [-0.2, 0) is 11.3 Å². The number of carbonyl (C=O) groups is 1. The van der Waals surface area contributed by atoms with Crippen LogP contribution in [0.25, 0.3) is 0 Å². The van der Waals surface area contributed by atoms with Gasteiger partial charge in [-0.25, -0.2) is 5.84 Å². The van der Waals surface area contributed by atoms with E-state index in [0.717, 1.165) is 23.3 Å². The van der Waals surface area contributed by atoms with E-state index in [2.05, 4.69) is 19.9 Å². The van der Waals surface area contributed by atoms with Gasteiger partial charge in [0, 0.05) is 0 Å². The minimum atomic E-state index is -4.76. The van der Waals surface area contributed by atoms with E-state index < -0.39 is 6.36 Å². The molecule has 40 heavy (non-hydrogen) atoms. The highest BCUT2D eigenvalue weighted by Crippen LogP contribution is 2.40. The van der Waals surface area contributed by atoms with Crippen molar-refractivity contribution in [3.63, 3.8) is 0 Å². The van der Waals surface area contributed by atoms with E-state index in [1.165, 1.54) is 40.1 Å². The van der Waals surface area contributed by atoms with Gasteiger partial charge >= 0.3 is 6.36 Å². The highest BCUT2D eigenvalue weighted by atomic mass is 35.5. The summed E-state index contributed by atoms with van der Waals surface area (Å²) >= 11 is 13.9. The van der Waals surface area contributed by atoms with Gasteiger partial charge in [-0.15, -0.1) is 18.3 Å². The van der Waals surface area contributed by atoms with Crippen LogP contribution in [-0.4, -0.2) is 35.2 Å². The van der Waals surface area contributed by atoms with E-state index in [1.54, 1.807) is 31.3 Å². The van der Waals surface area contributed by atoms with E-state index in [-0.39, 0.29) is 16.9 Å². The molecule has 4 rings (SSSR count). The number of thioether (sulfide) groups is 1. The Labute approximate surface area is 241 Å². The number of rotatable bonds is 8. The number of hydrogen-bond donors (Lipinski definition) is 1. The molecule has 208 valence electrons. The monoisotopic (exact) mass is 608 g/mol. The summed E-state index contributed by atoms with van der Waals surface area (Å²) in [5.41, 5.74) is 2.45. The summed E-state index contributed by atoms with van der Waals surface area (Å²) in [6, 6.07) is 17.4. The van der Waals surface area contributed by atoms with Crippen LogP contribution in [0.2, 0.25) is 10.0 Å². The third-order valence-corrected chi connectivity index (χ3v) is 7.02. The van der Waals surface area contributed by atoms with Crippen LogP contribution in [0.1, 0.15) is 18.1 Å². The maximum absolute atomic E-state index is 12.7. The number of para-hydroxylation sites is 1. The van der Waals surface area contributed by atoms with Crippen molar-refractivity contribution in [3.8, 4) is 5.75 Å². The zero-order valence-corrected chi connectivity index (χ0v) is 23.0. The summed E-state index contributed by atoms with van der Waals surface area (Å²) in [6.07, 6.45) is -1.85. The summed E-state index contributed by atoms with van der Waals surface area (Å²) in [4.78, 5) is 18.4. The first-order valence-corrected chi connectivity index (χ1v) is 13.2. The second-order valence-electron chi connectivity index (χ2n) is 8.28. The minimum absolute atomic E-state index is 0.192. The Balaban J connectivity index is 1.36. The van der Waals surface area contributed by atoms with E-state index in [1.807, 2.05) is 24.3 Å². The second-order valence-corrected chi connectivity index (χ2v) is 10.4. The Morgan fingerprint density at radius 3 is 2.35 bits per heavy atom. The highest BCUT2D eigenvalue weighted by molar-refractivity contribution is 8.16. The molecule has 0 radical (unpaired) electrons. The fourth-order valence-corrected chi connectivity index (χ4v) is 4.96. The number of alkyl halides is 3. The molecular formula is C26H21Cl2F3N6O2S. The average molecular weight is 609 g/mol. The van der Waals surface area contributed by atoms with E-state index in [9.17, 15) is 18.0 Å². The van der Waals surface area contributed by atoms with Crippen molar-refractivity contribution < 1.29 is 22.7 Å². The van der Waals surface area contributed by atoms with Crippen molar-refractivity contribution in [2.75, 3.05) is 9.91 Å². The lowest BCUT2D eigenvalue weighted by Crippen LogP contribution is -2.31. The van der Waals surface area contributed by atoms with Crippen molar-refractivity contribution in [2.24, 2.45) is 21.0 Å². The van der Waals surface area contributed by atoms with Crippen LogP contribution in [0.5, 0.6) is 5.75 Å². The summed E-state index contributed by atoms with van der Waals surface area (Å²) in [6.45, 7) is 2.08. The molecule has 0 aliphatic carbocycles. The Bertz CT molecular complexity index is 1430. The molecule has 8 nitrogen and oxygen atoms in total. The maximum Gasteiger partial charge on any atom is 0.573 e. The first-order valence-electron chi connectivity index (χ1n) is 11.6. The van der Waals surface area contributed by atoms with Gasteiger partial charge in [0.1, 0.15) is 12.1 Å². The number of ether oxygens (including phenoxy) is 1. The smallest absolute Gasteiger partial charge is 0.406 e. The van der Waals surface area contributed by atoms with Gasteiger partial charge in [0.15, 0.2) is 5.17 Å². The molecule has 0 aromatic heterocycles. The Hall–Kier alpha value is -3.58. The van der Waals surface area contributed by atoms with Gasteiger partial charge in [-0.3, -0.25) is 19.7 Å². The average Bonchev–Trinajstić information content (AvgIpc) is 3.17. The lowest BCUT2D eigenvalue weighted by Gasteiger charge is -2.18. The normalized spacial score (nSPS) is 17.0. The van der Waals surface area contributed by atoms with Gasteiger partial charge in [0.05, 0.1) is 39.4 Å². The topological polar surface area (TPSA) is 95.9 Å². The third-order valence-electron chi connectivity index (χ3n) is 5.38. The van der Waals surface area contributed by atoms with E-state index in [0.29, 0.717) is 33.1 Å². The molecule has 0 spiro atoms. The number of benzene rings is 3. The molecule has 1 fully saturated rings. The molecular weight excluding hydrogens is 588 g/mol. The summed E-state index contributed by atoms with van der Waals surface area (Å²) in [5.74, 6) is 5.36. The van der Waals surface area contributed by atoms with Gasteiger partial charge in [-0.2, -0.15) is 5.10 Å². The van der Waals surface area contributed by atoms with Crippen LogP contribution in [0.4, 0.5) is 24.5 Å². The molecule has 3 aromatic carbocycles. The quantitative estimate of drug-likeness (QED) is 0.133. The molecule has 0 saturated carbocycles. The predicted molar refractivity (Wildman–Crippen MR) is 154 cm³/mol. The number of hydrazine groups is 1. The van der Waals surface area contributed by atoms with Gasteiger partial charge in [0.25, 0.3) is 0 Å². The van der Waals surface area contributed by atoms with Crippen LogP contribution in [0, 0.1) is 0 Å². The van der Waals surface area contributed by atoms with Gasteiger partial charge in [0.2, 0.25) is 5.91 Å². The van der Waals surface area contributed by atoms with Crippen LogP contribution in [0.15, 0.2) is 81.9 Å². The summed E-state index contributed by atoms with van der Waals surface area (Å²) in [5, 5.41) is 10.2. The van der Waals surface area contributed by atoms with Crippen molar-refractivity contribution in [1.29, 1.82) is 0 Å². The molecule has 14 heteroatoms. The third kappa shape index (κ3) is 7.54. The Kier molecular flexibility index (Phi) is 9.36. The van der Waals surface area contributed by atoms with Crippen molar-refractivity contribution in [2.45, 2.75) is 25.1 Å². The molecule has 1 aliphatic heterocycles. The molecule has 1 aliphatic rings. The Morgan fingerprint density at radius 2 is 1.73 bits per heavy atom. The van der Waals surface area contributed by atoms with E-state index >= 15 is 0 Å². The van der Waals surface area contributed by atoms with Crippen molar-refractivity contribution >= 4 is 70.0 Å². The maximum atomic E-state index is 12.7. The van der Waals surface area contributed by atoms with Crippen LogP contribution >= 0.6 is 35.0 Å². The standard InChI is InChI=1S/C26H21Cl2F3N6O2S/c1-16-24(38)37(23-21(27)3-2-4-22(23)28)25(40-16)35-34-14-18-7-5-17(6-8-18)13-33-15-36(32)19-9-11-20(12-10-19)39-26(29,30)31/h2-12,14-16H,13,32H2,1H3/b33-15-,34-14+,35-25-. The largest absolute Gasteiger partial charge is 0.573 e. The molecule has 1 unspecified atom stereocenters. The molecule has 2 N–H and O–H groups in total. The number of carbonyl (C=O) groups excluding carboxylic acids is 1. The SMILES string of the molecule is CC1S/C(=N\N=C\c2ccc(C/N=C\N(N)c3ccc(OC(F)(F)F)cc3)cc2)N(c2c(Cl)cccc2Cl)C1=O. The van der Waals surface area contributed by atoms with Gasteiger partial charge < -0.3 is 4.74 Å². The molecule has 3 aromatic rings. The number of hydrogen-bond acceptors (Lipinski definition) is 7. The first-order chi connectivity index (χ1) is 19.0. The number of nitrogens with zero attached hydrogens (tertiary/aromatic N) is 5. The van der Waals surface area contributed by atoms with Crippen LogP contribution in [0.3, 0.4) is 0 Å². The molecule has 1 saturated heterocycles. The Morgan fingerprint density at radius 1 is 1.07 bits per heavy atom. The minimum Gasteiger partial charge on any atom is -0.406 e. The number of amides is 1. The number of anilines is 2. The van der Waals surface area contributed by atoms with Gasteiger partial charge in [-0.05, 0) is 54.4 Å². The number of nitrogens with two attached hydrogens (primary N) is 1. The summed E-state index contributed by atoms with van der Waals surface area (Å²) in [7, 11) is 0. The number of halogens is 5. The highest BCUT2D eigenvalue weighted by Gasteiger charge is 2.38. The number of aliphatic imine (C=N–C) groups is 1. The fraction of sp³-hybridized carbons (Fsp3) is 0.154. The van der Waals surface area contributed by atoms with Gasteiger partial charge in [-0.1, -0.05) is 65.3 Å². The summed E-state index contributed by atoms with van der Waals surface area (Å²) < 4.78 is 40.7. The molecule has 1 amide bonds. The zero-order chi connectivity index (χ0) is 28.9. The fourth-order valence-electron chi connectivity index (χ4n) is 3.49. The number of amidine groups is 1. The lowest BCUT2D eigenvalue weighted by molar-refractivity contribution is -0.274. The van der Waals surface area contributed by atoms with Crippen molar-refractivity contribution in [1.82, 2.24) is 0 Å². The molecule has 1 heterocycles. The van der Waals surface area contributed by atoms with Crippen molar-refractivity contribution in [3.05, 3.63) is 87.9 Å². The molecule has 0 bridgehead atoms. The van der Waals surface area contributed by atoms with Crippen LogP contribution < -0.4 is 20.5 Å². The molecule has 1 atom stereocenters. The second kappa shape index (κ2) is 12.7. The first kappa shape index (κ1) is 29.4. The zero-order valence-electron chi connectivity index (χ0n) is 20.7.